The first-order valence-electron chi connectivity index (χ1n) is 9.21. The van der Waals surface area contributed by atoms with Crippen LogP contribution in [0.4, 0.5) is 17.6 Å². The van der Waals surface area contributed by atoms with Gasteiger partial charge in [-0.25, -0.2) is 9.07 Å². The van der Waals surface area contributed by atoms with Gasteiger partial charge in [-0.1, -0.05) is 22.9 Å². The largest absolute Gasteiger partial charge is 0.435 e. The number of benzene rings is 2. The van der Waals surface area contributed by atoms with Crippen molar-refractivity contribution in [1.29, 1.82) is 0 Å². The van der Waals surface area contributed by atoms with E-state index < -0.39 is 29.3 Å². The Bertz CT molecular complexity index is 1050. The third kappa shape index (κ3) is 4.50. The summed E-state index contributed by atoms with van der Waals surface area (Å²) in [7, 11) is 0. The zero-order valence-electron chi connectivity index (χ0n) is 16.6. The van der Waals surface area contributed by atoms with Crippen molar-refractivity contribution >= 4 is 5.91 Å². The number of aromatic nitrogens is 3. The van der Waals surface area contributed by atoms with Crippen LogP contribution in [0, 0.1) is 26.6 Å². The molecule has 1 amide bonds. The lowest BCUT2D eigenvalue weighted by Gasteiger charge is -2.13. The fourth-order valence-electron chi connectivity index (χ4n) is 3.44. The number of nitrogens with zero attached hydrogens (tertiary/aromatic N) is 3. The minimum Gasteiger partial charge on any atom is -0.350 e. The Labute approximate surface area is 170 Å². The Morgan fingerprint density at radius 2 is 1.67 bits per heavy atom. The molecule has 0 aliphatic carbocycles. The highest BCUT2D eigenvalue weighted by molar-refractivity contribution is 5.93. The second-order valence-electron chi connectivity index (χ2n) is 7.06. The average Bonchev–Trinajstić information content (AvgIpc) is 3.10. The SMILES string of the molecule is Cc1cc(C)c(CCNC(=O)c2nnn(-c3ccc(F)cc3)c2C(F)(F)F)c(C)c1. The molecule has 30 heavy (non-hydrogen) atoms. The lowest BCUT2D eigenvalue weighted by atomic mass is 9.97. The molecule has 0 aliphatic heterocycles. The molecular weight excluding hydrogens is 400 g/mol. The summed E-state index contributed by atoms with van der Waals surface area (Å²) in [5.74, 6) is -1.58. The van der Waals surface area contributed by atoms with Gasteiger partial charge < -0.3 is 5.32 Å². The van der Waals surface area contributed by atoms with E-state index in [4.69, 9.17) is 0 Å². The van der Waals surface area contributed by atoms with Gasteiger partial charge in [0, 0.05) is 6.54 Å². The Hall–Kier alpha value is -3.23. The van der Waals surface area contributed by atoms with Crippen LogP contribution >= 0.6 is 0 Å². The Morgan fingerprint density at radius 3 is 2.23 bits per heavy atom. The number of nitrogens with one attached hydrogen (secondary N) is 1. The van der Waals surface area contributed by atoms with Gasteiger partial charge in [0.25, 0.3) is 5.91 Å². The molecule has 5 nitrogen and oxygen atoms in total. The molecule has 1 N–H and O–H groups in total. The van der Waals surface area contributed by atoms with Crippen molar-refractivity contribution in [2.45, 2.75) is 33.4 Å². The molecule has 3 aromatic rings. The van der Waals surface area contributed by atoms with Gasteiger partial charge in [-0.2, -0.15) is 13.2 Å². The van der Waals surface area contributed by atoms with Crippen molar-refractivity contribution < 1.29 is 22.4 Å². The molecule has 0 bridgehead atoms. The molecular formula is C21H20F4N4O. The summed E-state index contributed by atoms with van der Waals surface area (Å²) in [4.78, 5) is 12.4. The number of alkyl halides is 3. The fourth-order valence-corrected chi connectivity index (χ4v) is 3.44. The van der Waals surface area contributed by atoms with E-state index in [1.54, 1.807) is 0 Å². The Balaban J connectivity index is 1.82. The van der Waals surface area contributed by atoms with Gasteiger partial charge >= 0.3 is 6.18 Å². The van der Waals surface area contributed by atoms with E-state index in [2.05, 4.69) is 15.6 Å². The first-order chi connectivity index (χ1) is 14.1. The molecule has 0 saturated carbocycles. The third-order valence-electron chi connectivity index (χ3n) is 4.73. The summed E-state index contributed by atoms with van der Waals surface area (Å²) in [5, 5.41) is 9.40. The summed E-state index contributed by atoms with van der Waals surface area (Å²) < 4.78 is 54.5. The third-order valence-corrected chi connectivity index (χ3v) is 4.73. The van der Waals surface area contributed by atoms with Gasteiger partial charge in [0.1, 0.15) is 5.82 Å². The Morgan fingerprint density at radius 1 is 1.07 bits per heavy atom. The van der Waals surface area contributed by atoms with E-state index in [0.717, 1.165) is 46.5 Å². The zero-order chi connectivity index (χ0) is 22.1. The van der Waals surface area contributed by atoms with Gasteiger partial charge in [-0.15, -0.1) is 5.10 Å². The monoisotopic (exact) mass is 420 g/mol. The van der Waals surface area contributed by atoms with E-state index in [-0.39, 0.29) is 12.2 Å². The first-order valence-corrected chi connectivity index (χ1v) is 9.21. The number of carbonyl (C=O) groups excluding carboxylic acids is 1. The molecule has 0 fully saturated rings. The molecule has 0 spiro atoms. The summed E-state index contributed by atoms with van der Waals surface area (Å²) >= 11 is 0. The number of carbonyl (C=O) groups is 1. The second-order valence-corrected chi connectivity index (χ2v) is 7.06. The van der Waals surface area contributed by atoms with Crippen molar-refractivity contribution in [2.75, 3.05) is 6.54 Å². The predicted molar refractivity (Wildman–Crippen MR) is 103 cm³/mol. The highest BCUT2D eigenvalue weighted by Gasteiger charge is 2.42. The van der Waals surface area contributed by atoms with Crippen LogP contribution in [0.2, 0.25) is 0 Å². The molecule has 0 radical (unpaired) electrons. The number of hydrogen-bond donors (Lipinski definition) is 1. The van der Waals surface area contributed by atoms with Crippen molar-refractivity contribution in [2.24, 2.45) is 0 Å². The van der Waals surface area contributed by atoms with Crippen LogP contribution in [0.5, 0.6) is 0 Å². The highest BCUT2D eigenvalue weighted by atomic mass is 19.4. The van der Waals surface area contributed by atoms with Gasteiger partial charge in [-0.3, -0.25) is 4.79 Å². The molecule has 2 aromatic carbocycles. The van der Waals surface area contributed by atoms with Crippen LogP contribution in [0.3, 0.4) is 0 Å². The molecule has 0 unspecified atom stereocenters. The molecule has 1 aromatic heterocycles. The maximum Gasteiger partial charge on any atom is 0.435 e. The lowest BCUT2D eigenvalue weighted by Crippen LogP contribution is -2.29. The molecule has 3 rings (SSSR count). The summed E-state index contributed by atoms with van der Waals surface area (Å²) in [6, 6.07) is 8.29. The lowest BCUT2D eigenvalue weighted by molar-refractivity contribution is -0.143. The maximum absolute atomic E-state index is 13.6. The standard InChI is InChI=1S/C21H20F4N4O/c1-12-10-13(2)17(14(3)11-12)8-9-26-20(30)18-19(21(23,24)25)29(28-27-18)16-6-4-15(22)5-7-16/h4-7,10-11H,8-9H2,1-3H3,(H,26,30). The van der Waals surface area contributed by atoms with E-state index in [0.29, 0.717) is 11.1 Å². The van der Waals surface area contributed by atoms with Crippen molar-refractivity contribution in [3.8, 4) is 5.69 Å². The number of rotatable bonds is 5. The quantitative estimate of drug-likeness (QED) is 0.626. The number of hydrogen-bond acceptors (Lipinski definition) is 3. The summed E-state index contributed by atoms with van der Waals surface area (Å²) in [5.41, 5.74) is 2.07. The summed E-state index contributed by atoms with van der Waals surface area (Å²) in [6.07, 6.45) is -4.41. The van der Waals surface area contributed by atoms with Crippen LogP contribution in [0.15, 0.2) is 36.4 Å². The second kappa shape index (κ2) is 8.25. The van der Waals surface area contributed by atoms with Crippen molar-refractivity contribution in [1.82, 2.24) is 20.3 Å². The van der Waals surface area contributed by atoms with Crippen LogP contribution in [-0.2, 0) is 12.6 Å². The molecule has 158 valence electrons. The zero-order valence-corrected chi connectivity index (χ0v) is 16.6. The maximum atomic E-state index is 13.6. The van der Waals surface area contributed by atoms with Crippen LogP contribution in [0.1, 0.15) is 38.4 Å². The number of aryl methyl sites for hydroxylation is 3. The molecule has 9 heteroatoms. The number of amides is 1. The minimum absolute atomic E-state index is 0.0545. The normalized spacial score (nSPS) is 11.6. The topological polar surface area (TPSA) is 59.8 Å². The van der Waals surface area contributed by atoms with E-state index in [1.165, 1.54) is 0 Å². The van der Waals surface area contributed by atoms with E-state index >= 15 is 0 Å². The Kier molecular flexibility index (Phi) is 5.91. The highest BCUT2D eigenvalue weighted by Crippen LogP contribution is 2.32. The van der Waals surface area contributed by atoms with Gasteiger partial charge in [-0.05, 0) is 68.1 Å². The molecule has 0 saturated heterocycles. The van der Waals surface area contributed by atoms with Gasteiger partial charge in [0.2, 0.25) is 0 Å². The van der Waals surface area contributed by atoms with Gasteiger partial charge in [0.15, 0.2) is 11.4 Å². The smallest absolute Gasteiger partial charge is 0.350 e. The minimum atomic E-state index is -4.88. The fraction of sp³-hybridized carbons (Fsp3) is 0.286. The predicted octanol–water partition coefficient (Wildman–Crippen LogP) is 4.32. The average molecular weight is 420 g/mol. The van der Waals surface area contributed by atoms with Crippen LogP contribution in [-0.4, -0.2) is 27.4 Å². The molecule has 1 heterocycles. The van der Waals surface area contributed by atoms with Gasteiger partial charge in [0.05, 0.1) is 5.69 Å². The first kappa shape index (κ1) is 21.5. The number of halogens is 4. The molecule has 0 atom stereocenters. The van der Waals surface area contributed by atoms with E-state index in [1.807, 2.05) is 32.9 Å². The van der Waals surface area contributed by atoms with Crippen molar-refractivity contribution in [3.05, 3.63) is 75.9 Å². The van der Waals surface area contributed by atoms with Crippen molar-refractivity contribution in [3.63, 3.8) is 0 Å². The summed E-state index contributed by atoms with van der Waals surface area (Å²) in [6.45, 7) is 6.03. The van der Waals surface area contributed by atoms with Crippen LogP contribution in [0.25, 0.3) is 5.69 Å². The van der Waals surface area contributed by atoms with E-state index in [9.17, 15) is 22.4 Å². The van der Waals surface area contributed by atoms with Crippen LogP contribution < -0.4 is 5.32 Å². The molecule has 0 aliphatic rings.